The number of terminal acetylenes is 2. The molecule has 2 unspecified atom stereocenters. The third-order valence-electron chi connectivity index (χ3n) is 13.6. The van der Waals surface area contributed by atoms with Gasteiger partial charge in [-0.2, -0.15) is 0 Å². The maximum absolute atomic E-state index is 6.35. The summed E-state index contributed by atoms with van der Waals surface area (Å²) in [5, 5.41) is 0. The molecule has 0 spiro atoms. The Morgan fingerprint density at radius 3 is 1.40 bits per heavy atom. The lowest BCUT2D eigenvalue weighted by atomic mass is 9.29. The van der Waals surface area contributed by atoms with Crippen molar-refractivity contribution in [2.24, 2.45) is 34.5 Å². The first kappa shape index (κ1) is 25.3. The van der Waals surface area contributed by atoms with Gasteiger partial charge in [0.25, 0.3) is 0 Å². The van der Waals surface area contributed by atoms with E-state index in [1.165, 1.54) is 122 Å². The molecule has 10 rings (SSSR count). The molecule has 8 aliphatic rings. The molecule has 8 saturated carbocycles. The second-order valence-electron chi connectivity index (χ2n) is 16.3. The van der Waals surface area contributed by atoms with Crippen molar-refractivity contribution in [1.29, 1.82) is 0 Å². The monoisotopic (exact) mass is 526 g/mol. The average Bonchev–Trinajstić information content (AvgIpc) is 2.86. The van der Waals surface area contributed by atoms with Gasteiger partial charge in [0, 0.05) is 11.1 Å². The van der Waals surface area contributed by atoms with Crippen LogP contribution in [0.3, 0.4) is 0 Å². The second-order valence-corrected chi connectivity index (χ2v) is 16.3. The van der Waals surface area contributed by atoms with Crippen LogP contribution in [0, 0.1) is 86.9 Å². The first-order valence-electron chi connectivity index (χ1n) is 16.3. The molecule has 2 aromatic carbocycles. The standard InChI is InChI=1S/C40H46/c1-7-33-27(5)9-25(3)11-35(33)37-16-32-17-38(22-37,36-12-26(4)10-28(6)34(36)8-2)24-40(21-32,23-37)39-18-29-13-30(19-39)15-31(14-29)20-39/h1-2,9-12,29-32H,13-24H2,3-6H3. The van der Waals surface area contributed by atoms with Gasteiger partial charge in [-0.05, 0) is 172 Å². The van der Waals surface area contributed by atoms with Gasteiger partial charge in [0.2, 0.25) is 0 Å². The number of hydrogen-bond acceptors (Lipinski definition) is 0. The quantitative estimate of drug-likeness (QED) is 0.350. The minimum absolute atomic E-state index is 0.157. The molecule has 0 aromatic heterocycles. The molecule has 2 atom stereocenters. The molecule has 206 valence electrons. The smallest absolute Gasteiger partial charge is 0.0309 e. The Kier molecular flexibility index (Phi) is 5.12. The van der Waals surface area contributed by atoms with E-state index in [-0.39, 0.29) is 10.8 Å². The Hall–Kier alpha value is -2.44. The number of rotatable bonds is 3. The summed E-state index contributed by atoms with van der Waals surface area (Å²) in [5.74, 6) is 10.2. The zero-order valence-corrected chi connectivity index (χ0v) is 25.3. The Balaban J connectivity index is 1.38. The minimum Gasteiger partial charge on any atom is -0.115 e. The van der Waals surface area contributed by atoms with Crippen LogP contribution in [0.5, 0.6) is 0 Å². The Bertz CT molecular complexity index is 1400. The SMILES string of the molecule is C#Cc1c(C)cc(C)cc1C12CC3CC(c4cc(C)cc(C)c4C#C)(C1)CC(C14CC5CC(CC(C5)C1)C4)(C3)C2. The molecule has 0 heteroatoms. The molecule has 0 nitrogen and oxygen atoms in total. The van der Waals surface area contributed by atoms with E-state index in [2.05, 4.69) is 63.8 Å². The van der Waals surface area contributed by atoms with Gasteiger partial charge in [0.1, 0.15) is 0 Å². The van der Waals surface area contributed by atoms with E-state index in [9.17, 15) is 0 Å². The van der Waals surface area contributed by atoms with Crippen LogP contribution in [0.2, 0.25) is 0 Å². The summed E-state index contributed by atoms with van der Waals surface area (Å²) in [6.45, 7) is 9.05. The third-order valence-corrected chi connectivity index (χ3v) is 13.6. The van der Waals surface area contributed by atoms with E-state index in [0.29, 0.717) is 10.8 Å². The van der Waals surface area contributed by atoms with E-state index in [1.54, 1.807) is 0 Å². The highest BCUT2D eigenvalue weighted by molar-refractivity contribution is 5.56. The first-order valence-corrected chi connectivity index (χ1v) is 16.3. The number of benzene rings is 2. The van der Waals surface area contributed by atoms with Crippen LogP contribution < -0.4 is 0 Å². The summed E-state index contributed by atoms with van der Waals surface area (Å²) < 4.78 is 0. The fourth-order valence-electron chi connectivity index (χ4n) is 13.5. The van der Waals surface area contributed by atoms with Crippen molar-refractivity contribution >= 4 is 0 Å². The first-order chi connectivity index (χ1) is 19.1. The predicted molar refractivity (Wildman–Crippen MR) is 165 cm³/mol. The van der Waals surface area contributed by atoms with E-state index in [4.69, 9.17) is 12.8 Å². The van der Waals surface area contributed by atoms with Crippen LogP contribution in [-0.2, 0) is 10.8 Å². The number of hydrogen-bond donors (Lipinski definition) is 0. The summed E-state index contributed by atoms with van der Waals surface area (Å²) in [4.78, 5) is 0. The van der Waals surface area contributed by atoms with Gasteiger partial charge in [-0.15, -0.1) is 12.8 Å². The van der Waals surface area contributed by atoms with Crippen LogP contribution in [0.15, 0.2) is 24.3 Å². The Morgan fingerprint density at radius 1 is 0.550 bits per heavy atom. The summed E-state index contributed by atoms with van der Waals surface area (Å²) in [6.07, 6.45) is 29.8. The fraction of sp³-hybridized carbons (Fsp3) is 0.600. The van der Waals surface area contributed by atoms with Gasteiger partial charge in [0.05, 0.1) is 0 Å². The minimum atomic E-state index is 0.157. The van der Waals surface area contributed by atoms with E-state index in [1.807, 2.05) is 0 Å². The van der Waals surface area contributed by atoms with Gasteiger partial charge in [-0.1, -0.05) is 47.2 Å². The highest BCUT2D eigenvalue weighted by Crippen LogP contribution is 2.79. The molecule has 0 aliphatic heterocycles. The fourth-order valence-corrected chi connectivity index (χ4v) is 13.5. The molecular weight excluding hydrogens is 480 g/mol. The van der Waals surface area contributed by atoms with Crippen LogP contribution in [0.4, 0.5) is 0 Å². The van der Waals surface area contributed by atoms with Crippen LogP contribution in [0.1, 0.15) is 122 Å². The van der Waals surface area contributed by atoms with Crippen molar-refractivity contribution in [3.05, 3.63) is 68.8 Å². The van der Waals surface area contributed by atoms with E-state index < -0.39 is 0 Å². The van der Waals surface area contributed by atoms with Crippen molar-refractivity contribution in [3.63, 3.8) is 0 Å². The lowest BCUT2D eigenvalue weighted by molar-refractivity contribution is -0.213. The van der Waals surface area contributed by atoms with E-state index in [0.717, 1.165) is 23.7 Å². The maximum atomic E-state index is 6.35. The molecular formula is C40H46. The zero-order valence-electron chi connectivity index (χ0n) is 25.3. The van der Waals surface area contributed by atoms with Crippen LogP contribution >= 0.6 is 0 Å². The summed E-state index contributed by atoms with van der Waals surface area (Å²) in [6, 6.07) is 9.65. The van der Waals surface area contributed by atoms with Gasteiger partial charge in [-0.25, -0.2) is 0 Å². The van der Waals surface area contributed by atoms with Crippen molar-refractivity contribution in [1.82, 2.24) is 0 Å². The topological polar surface area (TPSA) is 0 Å². The maximum Gasteiger partial charge on any atom is 0.0309 e. The molecule has 0 amide bonds. The van der Waals surface area contributed by atoms with Crippen molar-refractivity contribution < 1.29 is 0 Å². The average molecular weight is 527 g/mol. The Labute approximate surface area is 243 Å². The largest absolute Gasteiger partial charge is 0.115 e. The predicted octanol–water partition coefficient (Wildman–Crippen LogP) is 9.26. The van der Waals surface area contributed by atoms with E-state index >= 15 is 0 Å². The molecule has 0 heterocycles. The van der Waals surface area contributed by atoms with Crippen molar-refractivity contribution in [3.8, 4) is 24.7 Å². The summed E-state index contributed by atoms with van der Waals surface area (Å²) in [7, 11) is 0. The Morgan fingerprint density at radius 2 is 0.975 bits per heavy atom. The number of aryl methyl sites for hydroxylation is 4. The molecule has 8 aliphatic carbocycles. The highest BCUT2D eigenvalue weighted by Gasteiger charge is 2.71. The zero-order chi connectivity index (χ0) is 27.7. The van der Waals surface area contributed by atoms with Crippen molar-refractivity contribution in [2.45, 2.75) is 116 Å². The van der Waals surface area contributed by atoms with Gasteiger partial charge >= 0.3 is 0 Å². The molecule has 2 aromatic rings. The van der Waals surface area contributed by atoms with Crippen LogP contribution in [0.25, 0.3) is 0 Å². The third kappa shape index (κ3) is 3.24. The second kappa shape index (κ2) is 8.10. The molecule has 8 fully saturated rings. The molecule has 0 radical (unpaired) electrons. The summed E-state index contributed by atoms with van der Waals surface area (Å²) in [5.41, 5.74) is 12.0. The molecule has 40 heavy (non-hydrogen) atoms. The molecule has 0 saturated heterocycles. The van der Waals surface area contributed by atoms with Crippen molar-refractivity contribution in [2.75, 3.05) is 0 Å². The van der Waals surface area contributed by atoms with Crippen LogP contribution in [-0.4, -0.2) is 0 Å². The normalized spacial score (nSPS) is 42.1. The lowest BCUT2D eigenvalue weighted by Gasteiger charge is -2.75. The molecule has 8 bridgehead atoms. The van der Waals surface area contributed by atoms with Gasteiger partial charge in [-0.3, -0.25) is 0 Å². The van der Waals surface area contributed by atoms with Gasteiger partial charge in [0.15, 0.2) is 0 Å². The highest BCUT2D eigenvalue weighted by atomic mass is 14.8. The molecule has 0 N–H and O–H groups in total. The lowest BCUT2D eigenvalue weighted by Crippen LogP contribution is -2.67. The summed E-state index contributed by atoms with van der Waals surface area (Å²) >= 11 is 0. The van der Waals surface area contributed by atoms with Gasteiger partial charge < -0.3 is 0 Å².